The maximum atomic E-state index is 3.56. The number of hydrogen-bond acceptors (Lipinski definition) is 1. The fourth-order valence-electron chi connectivity index (χ4n) is 2.70. The Hall–Kier alpha value is -1.76. The van der Waals surface area contributed by atoms with Gasteiger partial charge in [0.2, 0.25) is 0 Å². The molecule has 0 fully saturated rings. The zero-order valence-corrected chi connectivity index (χ0v) is 10.3. The molecule has 1 N–H and O–H groups in total. The molecule has 0 bridgehead atoms. The first-order chi connectivity index (χ1) is 8.17. The summed E-state index contributed by atoms with van der Waals surface area (Å²) in [4.78, 5) is 0. The minimum Gasteiger partial charge on any atom is -0.355 e. The number of benzene rings is 2. The van der Waals surface area contributed by atoms with E-state index in [-0.39, 0.29) is 5.41 Å². The minimum absolute atomic E-state index is 0.177. The molecule has 0 atom stereocenters. The van der Waals surface area contributed by atoms with Crippen LogP contribution in [-0.2, 0) is 11.8 Å². The Balaban J connectivity index is 2.21. The average molecular weight is 223 g/mol. The quantitative estimate of drug-likeness (QED) is 0.703. The standard InChI is InChI=1S/C16H17N/c1-16(2)11-12-7-3-5-9-14(12)17-15-10-6-4-8-13(15)16/h3-10,17H,11H2,1-2H3. The molecule has 1 aliphatic heterocycles. The van der Waals surface area contributed by atoms with E-state index < -0.39 is 0 Å². The van der Waals surface area contributed by atoms with Crippen LogP contribution in [0.2, 0.25) is 0 Å². The Morgan fingerprint density at radius 2 is 1.53 bits per heavy atom. The van der Waals surface area contributed by atoms with Gasteiger partial charge in [-0.3, -0.25) is 0 Å². The van der Waals surface area contributed by atoms with Crippen LogP contribution in [0, 0.1) is 0 Å². The summed E-state index contributed by atoms with van der Waals surface area (Å²) in [6, 6.07) is 17.2. The topological polar surface area (TPSA) is 12.0 Å². The zero-order valence-electron chi connectivity index (χ0n) is 10.3. The van der Waals surface area contributed by atoms with Crippen molar-refractivity contribution in [3.8, 4) is 0 Å². The first-order valence-corrected chi connectivity index (χ1v) is 6.11. The molecular weight excluding hydrogens is 206 g/mol. The predicted molar refractivity (Wildman–Crippen MR) is 72.9 cm³/mol. The highest BCUT2D eigenvalue weighted by atomic mass is 14.9. The van der Waals surface area contributed by atoms with E-state index in [1.54, 1.807) is 0 Å². The van der Waals surface area contributed by atoms with E-state index in [1.165, 1.54) is 22.5 Å². The van der Waals surface area contributed by atoms with Gasteiger partial charge in [-0.1, -0.05) is 50.2 Å². The molecule has 2 aromatic rings. The fraction of sp³-hybridized carbons (Fsp3) is 0.250. The third kappa shape index (κ3) is 1.72. The van der Waals surface area contributed by atoms with Crippen LogP contribution in [0.5, 0.6) is 0 Å². The fourth-order valence-corrected chi connectivity index (χ4v) is 2.70. The van der Waals surface area contributed by atoms with E-state index in [0.29, 0.717) is 0 Å². The van der Waals surface area contributed by atoms with Crippen LogP contribution >= 0.6 is 0 Å². The van der Waals surface area contributed by atoms with E-state index in [1.807, 2.05) is 0 Å². The Bertz CT molecular complexity index is 555. The lowest BCUT2D eigenvalue weighted by molar-refractivity contribution is 0.528. The molecule has 1 aliphatic rings. The largest absolute Gasteiger partial charge is 0.355 e. The molecule has 0 spiro atoms. The van der Waals surface area contributed by atoms with Gasteiger partial charge in [0.05, 0.1) is 0 Å². The average Bonchev–Trinajstić information content (AvgIpc) is 2.42. The molecule has 0 unspecified atom stereocenters. The molecule has 0 saturated heterocycles. The number of nitrogens with one attached hydrogen (secondary N) is 1. The molecule has 2 aromatic carbocycles. The highest BCUT2D eigenvalue weighted by Crippen LogP contribution is 2.39. The second-order valence-electron chi connectivity index (χ2n) is 5.39. The highest BCUT2D eigenvalue weighted by molar-refractivity contribution is 5.69. The molecule has 0 aromatic heterocycles. The van der Waals surface area contributed by atoms with E-state index in [2.05, 4.69) is 67.7 Å². The van der Waals surface area contributed by atoms with Gasteiger partial charge in [-0.05, 0) is 35.1 Å². The Morgan fingerprint density at radius 1 is 0.882 bits per heavy atom. The molecule has 1 heteroatoms. The number of hydrogen-bond donors (Lipinski definition) is 1. The van der Waals surface area contributed by atoms with Gasteiger partial charge in [-0.2, -0.15) is 0 Å². The molecule has 1 heterocycles. The number of rotatable bonds is 0. The van der Waals surface area contributed by atoms with Gasteiger partial charge < -0.3 is 5.32 Å². The van der Waals surface area contributed by atoms with Gasteiger partial charge in [0.25, 0.3) is 0 Å². The second-order valence-corrected chi connectivity index (χ2v) is 5.39. The summed E-state index contributed by atoms with van der Waals surface area (Å²) in [5.41, 5.74) is 5.45. The molecule has 0 saturated carbocycles. The maximum Gasteiger partial charge on any atom is 0.0422 e. The van der Waals surface area contributed by atoms with Crippen LogP contribution in [0.25, 0.3) is 0 Å². The summed E-state index contributed by atoms with van der Waals surface area (Å²) < 4.78 is 0. The maximum absolute atomic E-state index is 3.56. The lowest BCUT2D eigenvalue weighted by Gasteiger charge is -2.25. The summed E-state index contributed by atoms with van der Waals surface area (Å²) in [6.45, 7) is 4.63. The van der Waals surface area contributed by atoms with E-state index in [0.717, 1.165) is 6.42 Å². The second kappa shape index (κ2) is 3.63. The Morgan fingerprint density at radius 3 is 2.35 bits per heavy atom. The van der Waals surface area contributed by atoms with Gasteiger partial charge in [-0.15, -0.1) is 0 Å². The summed E-state index contributed by atoms with van der Waals surface area (Å²) in [7, 11) is 0. The molecule has 17 heavy (non-hydrogen) atoms. The van der Waals surface area contributed by atoms with E-state index in [4.69, 9.17) is 0 Å². The van der Waals surface area contributed by atoms with Crippen molar-refractivity contribution in [2.24, 2.45) is 0 Å². The number of anilines is 2. The first-order valence-electron chi connectivity index (χ1n) is 6.11. The van der Waals surface area contributed by atoms with Gasteiger partial charge >= 0.3 is 0 Å². The van der Waals surface area contributed by atoms with Crippen LogP contribution in [0.1, 0.15) is 25.0 Å². The normalized spacial score (nSPS) is 16.4. The molecule has 3 rings (SSSR count). The van der Waals surface area contributed by atoms with E-state index >= 15 is 0 Å². The van der Waals surface area contributed by atoms with Crippen LogP contribution in [-0.4, -0.2) is 0 Å². The van der Waals surface area contributed by atoms with Crippen LogP contribution in [0.4, 0.5) is 11.4 Å². The molecule has 0 aliphatic carbocycles. The van der Waals surface area contributed by atoms with Crippen LogP contribution < -0.4 is 5.32 Å². The third-order valence-electron chi connectivity index (χ3n) is 3.58. The summed E-state index contributed by atoms with van der Waals surface area (Å²) >= 11 is 0. The van der Waals surface area contributed by atoms with Crippen molar-refractivity contribution in [3.63, 3.8) is 0 Å². The van der Waals surface area contributed by atoms with Crippen molar-refractivity contribution >= 4 is 11.4 Å². The van der Waals surface area contributed by atoms with Gasteiger partial charge in [-0.25, -0.2) is 0 Å². The van der Waals surface area contributed by atoms with Crippen molar-refractivity contribution in [2.75, 3.05) is 5.32 Å². The van der Waals surface area contributed by atoms with E-state index in [9.17, 15) is 0 Å². The molecule has 1 nitrogen and oxygen atoms in total. The molecule has 0 amide bonds. The SMILES string of the molecule is CC1(C)Cc2ccccc2Nc2ccccc21. The number of para-hydroxylation sites is 2. The predicted octanol–water partition coefficient (Wildman–Crippen LogP) is 4.26. The van der Waals surface area contributed by atoms with Gasteiger partial charge in [0.1, 0.15) is 0 Å². The first kappa shape index (κ1) is 10.4. The van der Waals surface area contributed by atoms with Crippen molar-refractivity contribution in [1.29, 1.82) is 0 Å². The lowest BCUT2D eigenvalue weighted by atomic mass is 9.79. The van der Waals surface area contributed by atoms with Crippen molar-refractivity contribution < 1.29 is 0 Å². The lowest BCUT2D eigenvalue weighted by Crippen LogP contribution is -2.19. The molecular formula is C16H17N. The summed E-state index contributed by atoms with van der Waals surface area (Å²) in [5.74, 6) is 0. The Labute approximate surface area is 102 Å². The van der Waals surface area contributed by atoms with Crippen molar-refractivity contribution in [2.45, 2.75) is 25.7 Å². The van der Waals surface area contributed by atoms with Crippen molar-refractivity contribution in [1.82, 2.24) is 0 Å². The molecule has 86 valence electrons. The molecule has 0 radical (unpaired) electrons. The van der Waals surface area contributed by atoms with Gasteiger partial charge in [0, 0.05) is 11.4 Å². The van der Waals surface area contributed by atoms with Crippen molar-refractivity contribution in [3.05, 3.63) is 59.7 Å². The highest BCUT2D eigenvalue weighted by Gasteiger charge is 2.27. The minimum atomic E-state index is 0.177. The smallest absolute Gasteiger partial charge is 0.0422 e. The summed E-state index contributed by atoms with van der Waals surface area (Å²) in [6.07, 6.45) is 1.08. The summed E-state index contributed by atoms with van der Waals surface area (Å²) in [5, 5.41) is 3.56. The van der Waals surface area contributed by atoms with Gasteiger partial charge in [0.15, 0.2) is 0 Å². The van der Waals surface area contributed by atoms with Crippen LogP contribution in [0.3, 0.4) is 0 Å². The zero-order chi connectivity index (χ0) is 11.9. The monoisotopic (exact) mass is 223 g/mol. The third-order valence-corrected chi connectivity index (χ3v) is 3.58. The number of fused-ring (bicyclic) bond motifs is 2. The Kier molecular flexibility index (Phi) is 2.22. The van der Waals surface area contributed by atoms with Crippen LogP contribution in [0.15, 0.2) is 48.5 Å².